The van der Waals surface area contributed by atoms with Gasteiger partial charge in [0.2, 0.25) is 0 Å². The third kappa shape index (κ3) is 4.96. The van der Waals surface area contributed by atoms with Crippen molar-refractivity contribution in [2.24, 2.45) is 0 Å². The number of carbonyl (C=O) groups excluding carboxylic acids is 1. The molecule has 0 saturated carbocycles. The molecule has 0 aromatic heterocycles. The topological polar surface area (TPSA) is 70.1 Å². The first-order valence-corrected chi connectivity index (χ1v) is 7.78. The molecular weight excluding hydrogens is 296 g/mol. The Morgan fingerprint density at radius 2 is 1.74 bits per heavy atom. The maximum atomic E-state index is 12.0. The number of carboxylic acids is 1. The molecule has 1 aromatic carbocycles. The Morgan fingerprint density at radius 3 is 2.30 bits per heavy atom. The molecule has 1 fully saturated rings. The van der Waals surface area contributed by atoms with Gasteiger partial charge in [-0.2, -0.15) is 0 Å². The second-order valence-corrected chi connectivity index (χ2v) is 6.71. The van der Waals surface area contributed by atoms with Gasteiger partial charge in [0.25, 0.3) is 0 Å². The smallest absolute Gasteiger partial charge is 0.410 e. The van der Waals surface area contributed by atoms with E-state index in [1.165, 1.54) is 0 Å². The fourth-order valence-electron chi connectivity index (χ4n) is 2.52. The number of hydrogen-bond donors (Lipinski definition) is 1. The molecule has 0 atom stereocenters. The van der Waals surface area contributed by atoms with Gasteiger partial charge in [-0.1, -0.05) is 18.2 Å². The molecule has 0 bridgehead atoms. The molecule has 6 nitrogen and oxygen atoms in total. The van der Waals surface area contributed by atoms with Crippen LogP contribution in [0.25, 0.3) is 0 Å². The molecule has 1 aromatic rings. The summed E-state index contributed by atoms with van der Waals surface area (Å²) >= 11 is 0. The predicted molar refractivity (Wildman–Crippen MR) is 86.5 cm³/mol. The molecule has 23 heavy (non-hydrogen) atoms. The van der Waals surface area contributed by atoms with Gasteiger partial charge in [0.1, 0.15) is 5.60 Å². The first-order valence-electron chi connectivity index (χ1n) is 7.78. The van der Waals surface area contributed by atoms with Gasteiger partial charge in [0.15, 0.2) is 0 Å². The Labute approximate surface area is 136 Å². The molecule has 6 heteroatoms. The number of nitrogens with zero attached hydrogens (tertiary/aromatic N) is 2. The Balaban J connectivity index is 1.91. The number of ether oxygens (including phenoxy) is 1. The van der Waals surface area contributed by atoms with Gasteiger partial charge in [0.05, 0.1) is 5.56 Å². The minimum atomic E-state index is -0.909. The van der Waals surface area contributed by atoms with Crippen LogP contribution < -0.4 is 0 Å². The summed E-state index contributed by atoms with van der Waals surface area (Å²) in [5.41, 5.74) is 0.641. The number of carboxylic acid groups (broad SMARTS) is 1. The maximum absolute atomic E-state index is 12.0. The van der Waals surface area contributed by atoms with Crippen LogP contribution in [-0.4, -0.2) is 58.7 Å². The average molecular weight is 320 g/mol. The van der Waals surface area contributed by atoms with E-state index in [-0.39, 0.29) is 6.09 Å². The number of amides is 1. The van der Waals surface area contributed by atoms with Crippen molar-refractivity contribution < 1.29 is 19.4 Å². The Kier molecular flexibility index (Phi) is 5.26. The molecule has 1 heterocycles. The van der Waals surface area contributed by atoms with Gasteiger partial charge < -0.3 is 14.7 Å². The lowest BCUT2D eigenvalue weighted by molar-refractivity contribution is 0.0139. The van der Waals surface area contributed by atoms with Crippen LogP contribution in [0.4, 0.5) is 4.79 Å². The minimum absolute atomic E-state index is 0.289. The molecule has 1 aliphatic heterocycles. The highest BCUT2D eigenvalue weighted by Crippen LogP contribution is 2.15. The summed E-state index contributed by atoms with van der Waals surface area (Å²) in [4.78, 5) is 27.1. The van der Waals surface area contributed by atoms with Crippen LogP contribution in [0.2, 0.25) is 0 Å². The van der Waals surface area contributed by atoms with Crippen LogP contribution in [0.15, 0.2) is 24.3 Å². The zero-order valence-corrected chi connectivity index (χ0v) is 13.9. The van der Waals surface area contributed by atoms with Crippen LogP contribution in [-0.2, 0) is 11.3 Å². The second-order valence-electron chi connectivity index (χ2n) is 6.71. The van der Waals surface area contributed by atoms with E-state index in [2.05, 4.69) is 4.90 Å². The van der Waals surface area contributed by atoms with E-state index in [0.29, 0.717) is 38.3 Å². The average Bonchev–Trinajstić information content (AvgIpc) is 2.46. The fraction of sp³-hybridized carbons (Fsp3) is 0.529. The van der Waals surface area contributed by atoms with Crippen LogP contribution in [0.1, 0.15) is 36.7 Å². The molecule has 1 aliphatic rings. The fourth-order valence-corrected chi connectivity index (χ4v) is 2.52. The van der Waals surface area contributed by atoms with Crippen LogP contribution in [0.3, 0.4) is 0 Å². The molecule has 126 valence electrons. The van der Waals surface area contributed by atoms with Crippen molar-refractivity contribution in [3.05, 3.63) is 35.4 Å². The van der Waals surface area contributed by atoms with Crippen molar-refractivity contribution in [3.8, 4) is 0 Å². The third-order valence-electron chi connectivity index (χ3n) is 3.67. The van der Waals surface area contributed by atoms with Gasteiger partial charge in [-0.05, 0) is 32.4 Å². The monoisotopic (exact) mass is 320 g/mol. The summed E-state index contributed by atoms with van der Waals surface area (Å²) in [7, 11) is 0. The van der Waals surface area contributed by atoms with E-state index >= 15 is 0 Å². The quantitative estimate of drug-likeness (QED) is 0.926. The van der Waals surface area contributed by atoms with E-state index in [1.54, 1.807) is 17.0 Å². The molecule has 0 unspecified atom stereocenters. The number of benzene rings is 1. The molecule has 1 saturated heterocycles. The van der Waals surface area contributed by atoms with Gasteiger partial charge in [-0.3, -0.25) is 4.90 Å². The largest absolute Gasteiger partial charge is 0.478 e. The van der Waals surface area contributed by atoms with Crippen LogP contribution >= 0.6 is 0 Å². The van der Waals surface area contributed by atoms with Crippen molar-refractivity contribution >= 4 is 12.1 Å². The Morgan fingerprint density at radius 1 is 1.13 bits per heavy atom. The number of rotatable bonds is 3. The normalized spacial score (nSPS) is 16.2. The number of carbonyl (C=O) groups is 2. The second kappa shape index (κ2) is 7.00. The van der Waals surface area contributed by atoms with E-state index in [9.17, 15) is 14.7 Å². The standard InChI is InChI=1S/C17H24N2O4/c1-17(2,3)23-16(22)19-10-8-18(9-11-19)12-13-6-4-5-7-14(13)15(20)21/h4-7H,8-12H2,1-3H3,(H,20,21). The Hall–Kier alpha value is -2.08. The van der Waals surface area contributed by atoms with Gasteiger partial charge in [-0.15, -0.1) is 0 Å². The number of aromatic carboxylic acids is 1. The summed E-state index contributed by atoms with van der Waals surface area (Å²) < 4.78 is 5.37. The molecule has 1 amide bonds. The summed E-state index contributed by atoms with van der Waals surface area (Å²) in [5.74, 6) is -0.909. The van der Waals surface area contributed by atoms with E-state index in [0.717, 1.165) is 5.56 Å². The highest BCUT2D eigenvalue weighted by atomic mass is 16.6. The van der Waals surface area contributed by atoms with Crippen LogP contribution in [0.5, 0.6) is 0 Å². The van der Waals surface area contributed by atoms with E-state index in [1.807, 2.05) is 32.9 Å². The highest BCUT2D eigenvalue weighted by molar-refractivity contribution is 5.89. The van der Waals surface area contributed by atoms with Crippen LogP contribution in [0, 0.1) is 0 Å². The highest BCUT2D eigenvalue weighted by Gasteiger charge is 2.26. The van der Waals surface area contributed by atoms with Crippen molar-refractivity contribution in [2.45, 2.75) is 32.9 Å². The van der Waals surface area contributed by atoms with Crippen molar-refractivity contribution in [1.82, 2.24) is 9.80 Å². The Bertz CT molecular complexity index is 572. The van der Waals surface area contributed by atoms with Gasteiger partial charge in [0, 0.05) is 32.7 Å². The molecule has 2 rings (SSSR count). The summed E-state index contributed by atoms with van der Waals surface area (Å²) in [6, 6.07) is 7.03. The lowest BCUT2D eigenvalue weighted by Crippen LogP contribution is -2.49. The molecule has 1 N–H and O–H groups in total. The minimum Gasteiger partial charge on any atom is -0.478 e. The zero-order chi connectivity index (χ0) is 17.0. The maximum Gasteiger partial charge on any atom is 0.410 e. The summed E-state index contributed by atoms with van der Waals surface area (Å²) in [6.45, 7) is 8.71. The molecule has 0 spiro atoms. The first kappa shape index (κ1) is 17.3. The van der Waals surface area contributed by atoms with Crippen molar-refractivity contribution in [2.75, 3.05) is 26.2 Å². The lowest BCUT2D eigenvalue weighted by Gasteiger charge is -2.35. The van der Waals surface area contributed by atoms with Gasteiger partial charge in [-0.25, -0.2) is 9.59 Å². The lowest BCUT2D eigenvalue weighted by atomic mass is 10.1. The van der Waals surface area contributed by atoms with Gasteiger partial charge >= 0.3 is 12.1 Å². The summed E-state index contributed by atoms with van der Waals surface area (Å²) in [6.07, 6.45) is -0.289. The molecule has 0 aliphatic carbocycles. The SMILES string of the molecule is CC(C)(C)OC(=O)N1CCN(Cc2ccccc2C(=O)O)CC1. The van der Waals surface area contributed by atoms with E-state index < -0.39 is 11.6 Å². The number of hydrogen-bond acceptors (Lipinski definition) is 4. The van der Waals surface area contributed by atoms with Crippen molar-refractivity contribution in [3.63, 3.8) is 0 Å². The third-order valence-corrected chi connectivity index (χ3v) is 3.67. The first-order chi connectivity index (χ1) is 10.8. The summed E-state index contributed by atoms with van der Waals surface area (Å²) in [5, 5.41) is 9.23. The number of piperazine rings is 1. The molecule has 0 radical (unpaired) electrons. The van der Waals surface area contributed by atoms with Crippen molar-refractivity contribution in [1.29, 1.82) is 0 Å². The predicted octanol–water partition coefficient (Wildman–Crippen LogP) is 2.44. The van der Waals surface area contributed by atoms with E-state index in [4.69, 9.17) is 4.74 Å². The zero-order valence-electron chi connectivity index (χ0n) is 13.9. The molecular formula is C17H24N2O4.